The normalized spacial score (nSPS) is 11.7. The van der Waals surface area contributed by atoms with Gasteiger partial charge in [0.25, 0.3) is 0 Å². The molecule has 1 heterocycles. The summed E-state index contributed by atoms with van der Waals surface area (Å²) in [5.74, 6) is 1.75. The zero-order valence-electron chi connectivity index (χ0n) is 16.0. The number of benzene rings is 2. The molecule has 0 aliphatic carbocycles. The summed E-state index contributed by atoms with van der Waals surface area (Å²) in [5.41, 5.74) is 0.447. The molecule has 28 heavy (non-hydrogen) atoms. The smallest absolute Gasteiger partial charge is 0.302 e. The van der Waals surface area contributed by atoms with E-state index in [1.807, 2.05) is 19.9 Å². The lowest BCUT2D eigenvalue weighted by molar-refractivity contribution is 0.595. The van der Waals surface area contributed by atoms with Crippen molar-refractivity contribution in [2.24, 2.45) is 7.05 Å². The molecule has 0 fully saturated rings. The van der Waals surface area contributed by atoms with Crippen molar-refractivity contribution in [2.45, 2.75) is 33.4 Å². The molecule has 0 aliphatic heterocycles. The van der Waals surface area contributed by atoms with Crippen LogP contribution in [0.4, 0.5) is 0 Å². The van der Waals surface area contributed by atoms with Gasteiger partial charge in [0.2, 0.25) is 9.84 Å². The molecule has 0 radical (unpaired) electrons. The molecule has 3 rings (SSSR count). The molecule has 0 bridgehead atoms. The van der Waals surface area contributed by atoms with Crippen molar-refractivity contribution in [1.29, 1.82) is 0 Å². The Labute approximate surface area is 173 Å². The van der Waals surface area contributed by atoms with E-state index >= 15 is 0 Å². The van der Waals surface area contributed by atoms with Crippen molar-refractivity contribution in [3.05, 3.63) is 65.3 Å². The summed E-state index contributed by atoms with van der Waals surface area (Å²) in [6.45, 7) is 4.09. The van der Waals surface area contributed by atoms with Crippen molar-refractivity contribution >= 4 is 33.4 Å². The van der Waals surface area contributed by atoms with Crippen molar-refractivity contribution in [3.8, 4) is 5.69 Å². The van der Waals surface area contributed by atoms with Crippen LogP contribution in [0.2, 0.25) is 0 Å². The first-order chi connectivity index (χ1) is 13.4. The summed E-state index contributed by atoms with van der Waals surface area (Å²) in [5, 5.41) is 0. The maximum Gasteiger partial charge on any atom is 0.332 e. The first-order valence-corrected chi connectivity index (χ1v) is 12.3. The van der Waals surface area contributed by atoms with Gasteiger partial charge in [-0.05, 0) is 54.0 Å². The number of imidazole rings is 1. The van der Waals surface area contributed by atoms with E-state index in [-0.39, 0.29) is 10.6 Å². The number of hydrogen-bond donors (Lipinski definition) is 0. The minimum absolute atomic E-state index is 0.180. The van der Waals surface area contributed by atoms with Crippen LogP contribution in [0.3, 0.4) is 0 Å². The lowest BCUT2D eigenvalue weighted by Crippen LogP contribution is -2.20. The molecule has 0 saturated heterocycles. The number of aromatic nitrogens is 2. The zero-order valence-corrected chi connectivity index (χ0v) is 18.4. The van der Waals surface area contributed by atoms with Gasteiger partial charge in [-0.3, -0.25) is 4.57 Å². The van der Waals surface area contributed by atoms with E-state index in [9.17, 15) is 13.2 Å². The Hall–Kier alpha value is -1.90. The fourth-order valence-corrected chi connectivity index (χ4v) is 5.85. The molecule has 0 aliphatic rings. The van der Waals surface area contributed by atoms with E-state index in [4.69, 9.17) is 0 Å². The molecule has 1 aromatic heterocycles. The molecule has 0 N–H and O–H groups in total. The lowest BCUT2D eigenvalue weighted by Gasteiger charge is -2.10. The Morgan fingerprint density at radius 3 is 1.89 bits per heavy atom. The Bertz CT molecular complexity index is 1110. The number of sulfone groups is 1. The highest BCUT2D eigenvalue weighted by Gasteiger charge is 2.19. The summed E-state index contributed by atoms with van der Waals surface area (Å²) in [7, 11) is -1.97. The molecule has 0 atom stereocenters. The van der Waals surface area contributed by atoms with Crippen LogP contribution in [0.1, 0.15) is 13.8 Å². The third-order valence-corrected chi connectivity index (χ3v) is 7.62. The van der Waals surface area contributed by atoms with Gasteiger partial charge in [-0.15, -0.1) is 23.5 Å². The average molecular weight is 435 g/mol. The zero-order chi connectivity index (χ0) is 20.3. The highest BCUT2D eigenvalue weighted by atomic mass is 32.2. The van der Waals surface area contributed by atoms with E-state index in [1.54, 1.807) is 79.4 Å². The maximum atomic E-state index is 13.2. The average Bonchev–Trinajstić information content (AvgIpc) is 3.01. The minimum Gasteiger partial charge on any atom is -0.302 e. The first kappa shape index (κ1) is 20.8. The van der Waals surface area contributed by atoms with Gasteiger partial charge in [0, 0.05) is 29.2 Å². The highest BCUT2D eigenvalue weighted by Crippen LogP contribution is 2.31. The summed E-state index contributed by atoms with van der Waals surface area (Å²) >= 11 is 3.25. The van der Waals surface area contributed by atoms with Gasteiger partial charge in [-0.1, -0.05) is 13.8 Å². The van der Waals surface area contributed by atoms with Crippen LogP contribution in [0.15, 0.2) is 79.2 Å². The molecule has 0 saturated carbocycles. The number of thioether (sulfide) groups is 2. The Balaban J connectivity index is 2.00. The maximum absolute atomic E-state index is 13.2. The first-order valence-electron chi connectivity index (χ1n) is 8.87. The molecule has 0 spiro atoms. The lowest BCUT2D eigenvalue weighted by atomic mass is 10.3. The van der Waals surface area contributed by atoms with Crippen LogP contribution in [0.25, 0.3) is 5.69 Å². The van der Waals surface area contributed by atoms with E-state index in [0.29, 0.717) is 10.6 Å². The third kappa shape index (κ3) is 4.24. The second-order valence-corrected chi connectivity index (χ2v) is 10.7. The van der Waals surface area contributed by atoms with Crippen LogP contribution >= 0.6 is 23.5 Å². The van der Waals surface area contributed by atoms with Crippen LogP contribution in [0, 0.1) is 0 Å². The standard InChI is InChI=1S/C20H22N2O3S3/c1-4-26-16-12-17(27-5-2)14-19(13-16)28(24,25)18-8-6-15(7-9-18)22-11-10-21(3)20(22)23/h6-14H,4-5H2,1-3H3. The second-order valence-electron chi connectivity index (χ2n) is 6.07. The molecule has 5 nitrogen and oxygen atoms in total. The Morgan fingerprint density at radius 1 is 0.857 bits per heavy atom. The second kappa shape index (κ2) is 8.63. The quantitative estimate of drug-likeness (QED) is 0.521. The molecule has 0 amide bonds. The molecule has 2 aromatic carbocycles. The van der Waals surface area contributed by atoms with Crippen LogP contribution in [-0.4, -0.2) is 29.1 Å². The molecule has 3 aromatic rings. The minimum atomic E-state index is -3.64. The van der Waals surface area contributed by atoms with Gasteiger partial charge in [0.05, 0.1) is 15.5 Å². The van der Waals surface area contributed by atoms with E-state index in [1.165, 1.54) is 9.13 Å². The Kier molecular flexibility index (Phi) is 6.42. The van der Waals surface area contributed by atoms with Gasteiger partial charge < -0.3 is 4.57 Å². The topological polar surface area (TPSA) is 61.1 Å². The van der Waals surface area contributed by atoms with Gasteiger partial charge >= 0.3 is 5.69 Å². The number of hydrogen-bond acceptors (Lipinski definition) is 5. The SMILES string of the molecule is CCSc1cc(SCC)cc(S(=O)(=O)c2ccc(-n3ccn(C)c3=O)cc2)c1. The highest BCUT2D eigenvalue weighted by molar-refractivity contribution is 8.00. The fourth-order valence-electron chi connectivity index (χ4n) is 2.78. The molecule has 148 valence electrons. The Morgan fingerprint density at radius 2 is 1.43 bits per heavy atom. The summed E-state index contributed by atoms with van der Waals surface area (Å²) < 4.78 is 29.3. The number of aryl methyl sites for hydroxylation is 1. The predicted octanol–water partition coefficient (Wildman–Crippen LogP) is 4.23. The molecular weight excluding hydrogens is 412 g/mol. The van der Waals surface area contributed by atoms with Crippen LogP contribution in [0.5, 0.6) is 0 Å². The van der Waals surface area contributed by atoms with E-state index < -0.39 is 9.84 Å². The van der Waals surface area contributed by atoms with E-state index in [0.717, 1.165) is 21.3 Å². The molecule has 0 unspecified atom stereocenters. The summed E-state index contributed by atoms with van der Waals surface area (Å²) in [6.07, 6.45) is 3.32. The van der Waals surface area contributed by atoms with Gasteiger partial charge in [-0.2, -0.15) is 0 Å². The summed E-state index contributed by atoms with van der Waals surface area (Å²) in [6, 6.07) is 11.9. The van der Waals surface area contributed by atoms with Crippen molar-refractivity contribution < 1.29 is 8.42 Å². The van der Waals surface area contributed by atoms with Crippen molar-refractivity contribution in [2.75, 3.05) is 11.5 Å². The number of rotatable bonds is 7. The predicted molar refractivity (Wildman–Crippen MR) is 116 cm³/mol. The largest absolute Gasteiger partial charge is 0.332 e. The van der Waals surface area contributed by atoms with Crippen molar-refractivity contribution in [3.63, 3.8) is 0 Å². The van der Waals surface area contributed by atoms with Gasteiger partial charge in [0.15, 0.2) is 0 Å². The molecular formula is C20H22N2O3S3. The fraction of sp³-hybridized carbons (Fsp3) is 0.250. The van der Waals surface area contributed by atoms with Gasteiger partial charge in [0.1, 0.15) is 0 Å². The monoisotopic (exact) mass is 434 g/mol. The van der Waals surface area contributed by atoms with Crippen molar-refractivity contribution in [1.82, 2.24) is 9.13 Å². The van der Waals surface area contributed by atoms with Crippen LogP contribution < -0.4 is 5.69 Å². The van der Waals surface area contributed by atoms with Crippen LogP contribution in [-0.2, 0) is 16.9 Å². The summed E-state index contributed by atoms with van der Waals surface area (Å²) in [4.78, 5) is 14.5. The molecule has 8 heteroatoms. The van der Waals surface area contributed by atoms with E-state index in [2.05, 4.69) is 0 Å². The van der Waals surface area contributed by atoms with Gasteiger partial charge in [-0.25, -0.2) is 13.2 Å². The number of nitrogens with zero attached hydrogens (tertiary/aromatic N) is 2. The third-order valence-electron chi connectivity index (χ3n) is 4.16.